The number of benzene rings is 1. The minimum absolute atomic E-state index is 0.444. The standard InChI is InChI=1S/C18H25N3O/c1-13(2)17-9-15(14(3)8-18(17)22-5)11-21(4)12-16-10-19-6-7-20-16/h6-10,13H,11-12H2,1-5H3. The molecule has 2 rings (SSSR count). The lowest BCUT2D eigenvalue weighted by Crippen LogP contribution is -2.19. The van der Waals surface area contributed by atoms with Gasteiger partial charge in [0.1, 0.15) is 5.75 Å². The lowest BCUT2D eigenvalue weighted by molar-refractivity contribution is 0.313. The summed E-state index contributed by atoms with van der Waals surface area (Å²) < 4.78 is 5.51. The van der Waals surface area contributed by atoms with Gasteiger partial charge in [-0.25, -0.2) is 0 Å². The van der Waals surface area contributed by atoms with Crippen LogP contribution in [0.5, 0.6) is 5.75 Å². The number of ether oxygens (including phenoxy) is 1. The molecule has 22 heavy (non-hydrogen) atoms. The number of aromatic nitrogens is 2. The maximum atomic E-state index is 5.51. The van der Waals surface area contributed by atoms with Gasteiger partial charge in [0.15, 0.2) is 0 Å². The molecule has 0 radical (unpaired) electrons. The number of nitrogens with zero attached hydrogens (tertiary/aromatic N) is 3. The Morgan fingerprint density at radius 2 is 1.95 bits per heavy atom. The molecule has 0 unspecified atom stereocenters. The van der Waals surface area contributed by atoms with Gasteiger partial charge in [0.05, 0.1) is 12.8 Å². The van der Waals surface area contributed by atoms with E-state index in [1.54, 1.807) is 19.5 Å². The summed E-state index contributed by atoms with van der Waals surface area (Å²) in [5.74, 6) is 1.42. The van der Waals surface area contributed by atoms with Crippen molar-refractivity contribution in [3.63, 3.8) is 0 Å². The lowest BCUT2D eigenvalue weighted by Gasteiger charge is -2.20. The Hall–Kier alpha value is -1.94. The Morgan fingerprint density at radius 1 is 1.18 bits per heavy atom. The number of methoxy groups -OCH3 is 1. The zero-order valence-electron chi connectivity index (χ0n) is 14.1. The third-order valence-corrected chi connectivity index (χ3v) is 3.80. The highest BCUT2D eigenvalue weighted by atomic mass is 16.5. The van der Waals surface area contributed by atoms with Gasteiger partial charge in [-0.1, -0.05) is 19.9 Å². The molecule has 4 nitrogen and oxygen atoms in total. The van der Waals surface area contributed by atoms with Crippen molar-refractivity contribution in [2.24, 2.45) is 0 Å². The number of rotatable bonds is 6. The first-order valence-corrected chi connectivity index (χ1v) is 7.62. The van der Waals surface area contributed by atoms with E-state index in [-0.39, 0.29) is 0 Å². The summed E-state index contributed by atoms with van der Waals surface area (Å²) in [6.45, 7) is 8.20. The predicted molar refractivity (Wildman–Crippen MR) is 89.0 cm³/mol. The highest BCUT2D eigenvalue weighted by molar-refractivity contribution is 5.43. The molecule has 0 N–H and O–H groups in total. The van der Waals surface area contributed by atoms with Crippen LogP contribution in [0.2, 0.25) is 0 Å². The average Bonchev–Trinajstić information content (AvgIpc) is 2.49. The quantitative estimate of drug-likeness (QED) is 0.817. The normalized spacial score (nSPS) is 11.2. The van der Waals surface area contributed by atoms with Crippen LogP contribution < -0.4 is 4.74 Å². The largest absolute Gasteiger partial charge is 0.496 e. The topological polar surface area (TPSA) is 38.2 Å². The fourth-order valence-corrected chi connectivity index (χ4v) is 2.58. The third-order valence-electron chi connectivity index (χ3n) is 3.80. The Bertz CT molecular complexity index is 611. The minimum Gasteiger partial charge on any atom is -0.496 e. The van der Waals surface area contributed by atoms with E-state index in [2.05, 4.69) is 54.8 Å². The SMILES string of the molecule is COc1cc(C)c(CN(C)Cc2cnccn2)cc1C(C)C. The molecule has 0 aliphatic rings. The predicted octanol–water partition coefficient (Wildman–Crippen LogP) is 3.55. The van der Waals surface area contributed by atoms with Crippen LogP contribution in [-0.2, 0) is 13.1 Å². The fourth-order valence-electron chi connectivity index (χ4n) is 2.58. The molecule has 0 aliphatic heterocycles. The van der Waals surface area contributed by atoms with Crippen molar-refractivity contribution >= 4 is 0 Å². The summed E-state index contributed by atoms with van der Waals surface area (Å²) in [5, 5.41) is 0. The molecule has 1 aromatic heterocycles. The van der Waals surface area contributed by atoms with Crippen LogP contribution >= 0.6 is 0 Å². The van der Waals surface area contributed by atoms with Gasteiger partial charge in [0, 0.05) is 31.7 Å². The first-order valence-electron chi connectivity index (χ1n) is 7.62. The Labute approximate surface area is 133 Å². The summed E-state index contributed by atoms with van der Waals surface area (Å²) in [4.78, 5) is 10.7. The van der Waals surface area contributed by atoms with Crippen LogP contribution in [-0.4, -0.2) is 29.0 Å². The summed E-state index contributed by atoms with van der Waals surface area (Å²) >= 11 is 0. The maximum Gasteiger partial charge on any atom is 0.122 e. The van der Waals surface area contributed by atoms with Crippen molar-refractivity contribution in [2.75, 3.05) is 14.2 Å². The van der Waals surface area contributed by atoms with Gasteiger partial charge in [-0.2, -0.15) is 0 Å². The molecule has 0 bridgehead atoms. The Balaban J connectivity index is 2.16. The van der Waals surface area contributed by atoms with Crippen LogP contribution in [0.3, 0.4) is 0 Å². The van der Waals surface area contributed by atoms with Crippen molar-refractivity contribution in [1.82, 2.24) is 14.9 Å². The molecule has 0 saturated carbocycles. The first kappa shape index (κ1) is 16.4. The van der Waals surface area contributed by atoms with Gasteiger partial charge in [-0.05, 0) is 42.6 Å². The molecule has 0 fully saturated rings. The summed E-state index contributed by atoms with van der Waals surface area (Å²) in [5.41, 5.74) is 4.83. The number of hydrogen-bond acceptors (Lipinski definition) is 4. The van der Waals surface area contributed by atoms with E-state index in [9.17, 15) is 0 Å². The summed E-state index contributed by atoms with van der Waals surface area (Å²) in [7, 11) is 3.84. The van der Waals surface area contributed by atoms with Gasteiger partial charge >= 0.3 is 0 Å². The summed E-state index contributed by atoms with van der Waals surface area (Å²) in [6, 6.07) is 4.41. The second kappa shape index (κ2) is 7.36. The molecule has 118 valence electrons. The van der Waals surface area contributed by atoms with Crippen LogP contribution in [0.1, 0.15) is 42.1 Å². The van der Waals surface area contributed by atoms with Gasteiger partial charge in [0.25, 0.3) is 0 Å². The molecule has 0 atom stereocenters. The molecular weight excluding hydrogens is 274 g/mol. The van der Waals surface area contributed by atoms with E-state index >= 15 is 0 Å². The molecule has 2 aromatic rings. The van der Waals surface area contributed by atoms with Crippen molar-refractivity contribution in [3.05, 3.63) is 53.1 Å². The van der Waals surface area contributed by atoms with Crippen LogP contribution in [0.25, 0.3) is 0 Å². The van der Waals surface area contributed by atoms with E-state index < -0.39 is 0 Å². The highest BCUT2D eigenvalue weighted by Gasteiger charge is 2.12. The van der Waals surface area contributed by atoms with Crippen molar-refractivity contribution in [3.8, 4) is 5.75 Å². The monoisotopic (exact) mass is 299 g/mol. The van der Waals surface area contributed by atoms with Crippen molar-refractivity contribution in [1.29, 1.82) is 0 Å². The molecule has 4 heteroatoms. The lowest BCUT2D eigenvalue weighted by atomic mass is 9.96. The maximum absolute atomic E-state index is 5.51. The van der Waals surface area contributed by atoms with Crippen LogP contribution in [0, 0.1) is 6.92 Å². The highest BCUT2D eigenvalue weighted by Crippen LogP contribution is 2.30. The van der Waals surface area contributed by atoms with Crippen LogP contribution in [0.15, 0.2) is 30.7 Å². The number of hydrogen-bond donors (Lipinski definition) is 0. The molecule has 1 aromatic carbocycles. The van der Waals surface area contributed by atoms with Gasteiger partial charge < -0.3 is 4.74 Å². The first-order chi connectivity index (χ1) is 10.5. The Morgan fingerprint density at radius 3 is 2.55 bits per heavy atom. The molecular formula is C18H25N3O. The Kier molecular flexibility index (Phi) is 5.50. The van der Waals surface area contributed by atoms with Gasteiger partial charge in [-0.15, -0.1) is 0 Å². The smallest absolute Gasteiger partial charge is 0.122 e. The zero-order valence-corrected chi connectivity index (χ0v) is 14.1. The molecule has 0 spiro atoms. The second-order valence-electron chi connectivity index (χ2n) is 6.04. The van der Waals surface area contributed by atoms with Gasteiger partial charge in [0.2, 0.25) is 0 Å². The number of aryl methyl sites for hydroxylation is 1. The minimum atomic E-state index is 0.444. The average molecular weight is 299 g/mol. The third kappa shape index (κ3) is 4.04. The summed E-state index contributed by atoms with van der Waals surface area (Å²) in [6.07, 6.45) is 5.25. The molecule has 1 heterocycles. The van der Waals surface area contributed by atoms with Crippen molar-refractivity contribution in [2.45, 2.75) is 39.8 Å². The molecule has 0 saturated heterocycles. The van der Waals surface area contributed by atoms with E-state index in [0.29, 0.717) is 5.92 Å². The van der Waals surface area contributed by atoms with Crippen molar-refractivity contribution < 1.29 is 4.74 Å². The second-order valence-corrected chi connectivity index (χ2v) is 6.04. The fraction of sp³-hybridized carbons (Fsp3) is 0.444. The van der Waals surface area contributed by atoms with E-state index in [0.717, 1.165) is 24.5 Å². The molecule has 0 aliphatic carbocycles. The van der Waals surface area contributed by atoms with Gasteiger partial charge in [-0.3, -0.25) is 14.9 Å². The zero-order chi connectivity index (χ0) is 16.1. The van der Waals surface area contributed by atoms with E-state index in [1.165, 1.54) is 16.7 Å². The van der Waals surface area contributed by atoms with Crippen LogP contribution in [0.4, 0.5) is 0 Å². The molecule has 0 amide bonds. The van der Waals surface area contributed by atoms with E-state index in [1.807, 2.05) is 6.20 Å². The van der Waals surface area contributed by atoms with E-state index in [4.69, 9.17) is 4.74 Å².